The van der Waals surface area contributed by atoms with E-state index < -0.39 is 0 Å². The van der Waals surface area contributed by atoms with Crippen LogP contribution in [0.25, 0.3) is 89.3 Å². The highest BCUT2D eigenvalue weighted by atomic mass is 15.0. The van der Waals surface area contributed by atoms with Crippen molar-refractivity contribution in [1.29, 1.82) is 0 Å². The molecule has 0 radical (unpaired) electrons. The van der Waals surface area contributed by atoms with Crippen molar-refractivity contribution in [3.8, 4) is 56.7 Å². The zero-order valence-corrected chi connectivity index (χ0v) is 25.8. The zero-order chi connectivity index (χ0) is 31.9. The molecule has 0 aliphatic carbocycles. The van der Waals surface area contributed by atoms with Crippen LogP contribution in [-0.4, -0.2) is 24.9 Å². The molecule has 9 aromatic rings. The van der Waals surface area contributed by atoms with Crippen molar-refractivity contribution in [1.82, 2.24) is 24.9 Å². The van der Waals surface area contributed by atoms with E-state index >= 15 is 0 Å². The Labute approximate surface area is 277 Å². The maximum absolute atomic E-state index is 5.25. The van der Waals surface area contributed by atoms with Gasteiger partial charge in [-0.25, -0.2) is 24.9 Å². The smallest absolute Gasteiger partial charge is 0.164 e. The van der Waals surface area contributed by atoms with Gasteiger partial charge in [0.25, 0.3) is 0 Å². The molecular formula is C43H27N5. The van der Waals surface area contributed by atoms with Gasteiger partial charge in [-0.15, -0.1) is 0 Å². The molecular weight excluding hydrogens is 587 g/mol. The molecule has 0 aliphatic heterocycles. The largest absolute Gasteiger partial charge is 0.247 e. The van der Waals surface area contributed by atoms with Gasteiger partial charge in [-0.3, -0.25) is 0 Å². The summed E-state index contributed by atoms with van der Waals surface area (Å²) in [6.07, 6.45) is 0. The summed E-state index contributed by atoms with van der Waals surface area (Å²) >= 11 is 0. The topological polar surface area (TPSA) is 64.5 Å². The molecule has 0 spiro atoms. The van der Waals surface area contributed by atoms with Crippen LogP contribution < -0.4 is 0 Å². The van der Waals surface area contributed by atoms with E-state index in [-0.39, 0.29) is 0 Å². The molecule has 6 aromatic carbocycles. The maximum atomic E-state index is 5.25. The van der Waals surface area contributed by atoms with Gasteiger partial charge in [-0.05, 0) is 17.5 Å². The van der Waals surface area contributed by atoms with Gasteiger partial charge in [0.05, 0.1) is 22.4 Å². The van der Waals surface area contributed by atoms with Gasteiger partial charge in [-0.2, -0.15) is 0 Å². The van der Waals surface area contributed by atoms with Crippen LogP contribution in [0.15, 0.2) is 164 Å². The third-order valence-corrected chi connectivity index (χ3v) is 8.71. The number of para-hydroxylation sites is 1. The quantitative estimate of drug-likeness (QED) is 0.181. The minimum atomic E-state index is 0.616. The SMILES string of the molecule is c1ccc(-c2ccc3ccc4c5ccccc5nc(-c5ccc(-c6nc(-c7ccccc7)nc(-c7ccccc7)n6)cc5)c4c3n2)cc1. The fourth-order valence-electron chi connectivity index (χ4n) is 6.32. The lowest BCUT2D eigenvalue weighted by Gasteiger charge is -2.14. The molecule has 0 unspecified atom stereocenters. The molecule has 3 heterocycles. The van der Waals surface area contributed by atoms with Crippen molar-refractivity contribution in [3.63, 3.8) is 0 Å². The summed E-state index contributed by atoms with van der Waals surface area (Å²) in [7, 11) is 0. The number of pyridine rings is 2. The van der Waals surface area contributed by atoms with Crippen LogP contribution in [0.5, 0.6) is 0 Å². The van der Waals surface area contributed by atoms with Gasteiger partial charge in [0.2, 0.25) is 0 Å². The van der Waals surface area contributed by atoms with Crippen LogP contribution in [0, 0.1) is 0 Å². The van der Waals surface area contributed by atoms with E-state index in [4.69, 9.17) is 24.9 Å². The highest BCUT2D eigenvalue weighted by Gasteiger charge is 2.17. The molecule has 0 atom stereocenters. The molecule has 0 aliphatic rings. The van der Waals surface area contributed by atoms with Crippen molar-refractivity contribution in [2.45, 2.75) is 0 Å². The minimum absolute atomic E-state index is 0.616. The average molecular weight is 614 g/mol. The summed E-state index contributed by atoms with van der Waals surface area (Å²) in [6.45, 7) is 0. The second-order valence-corrected chi connectivity index (χ2v) is 11.7. The van der Waals surface area contributed by atoms with Crippen LogP contribution >= 0.6 is 0 Å². The fourth-order valence-corrected chi connectivity index (χ4v) is 6.32. The van der Waals surface area contributed by atoms with Crippen LogP contribution in [-0.2, 0) is 0 Å². The monoisotopic (exact) mass is 613 g/mol. The predicted octanol–water partition coefficient (Wildman–Crippen LogP) is 10.5. The molecule has 0 N–H and O–H groups in total. The van der Waals surface area contributed by atoms with Crippen molar-refractivity contribution in [2.75, 3.05) is 0 Å². The normalized spacial score (nSPS) is 11.3. The van der Waals surface area contributed by atoms with E-state index in [9.17, 15) is 0 Å². The first-order chi connectivity index (χ1) is 23.8. The Morgan fingerprint density at radius 2 is 0.812 bits per heavy atom. The second-order valence-electron chi connectivity index (χ2n) is 11.7. The number of fused-ring (bicyclic) bond motifs is 5. The number of rotatable bonds is 5. The van der Waals surface area contributed by atoms with Gasteiger partial charge in [0.1, 0.15) is 0 Å². The summed E-state index contributed by atoms with van der Waals surface area (Å²) in [5.41, 5.74) is 8.56. The van der Waals surface area contributed by atoms with Gasteiger partial charge >= 0.3 is 0 Å². The Bertz CT molecular complexity index is 2530. The highest BCUT2D eigenvalue weighted by molar-refractivity contribution is 6.20. The fraction of sp³-hybridized carbons (Fsp3) is 0. The predicted molar refractivity (Wildman–Crippen MR) is 195 cm³/mol. The zero-order valence-electron chi connectivity index (χ0n) is 25.8. The standard InChI is InChI=1S/C43H27N5/c1-4-12-28(13-5-1)36-27-25-30-24-26-35-34-18-10-11-19-37(34)45-40(38(35)39(30)44-36)29-20-22-33(23-21-29)43-47-41(31-14-6-2-7-15-31)46-42(48-43)32-16-8-3-9-17-32/h1-27H. The number of hydrogen-bond donors (Lipinski definition) is 0. The van der Waals surface area contributed by atoms with Crippen LogP contribution in [0.4, 0.5) is 0 Å². The molecule has 5 heteroatoms. The van der Waals surface area contributed by atoms with E-state index in [1.165, 1.54) is 0 Å². The van der Waals surface area contributed by atoms with Gasteiger partial charge in [0, 0.05) is 44.0 Å². The Morgan fingerprint density at radius 1 is 0.312 bits per heavy atom. The lowest BCUT2D eigenvalue weighted by Crippen LogP contribution is -2.00. The van der Waals surface area contributed by atoms with E-state index in [2.05, 4.69) is 78.9 Å². The van der Waals surface area contributed by atoms with Crippen molar-refractivity contribution in [3.05, 3.63) is 164 Å². The van der Waals surface area contributed by atoms with Crippen LogP contribution in [0.1, 0.15) is 0 Å². The summed E-state index contributed by atoms with van der Waals surface area (Å²) in [5.74, 6) is 1.89. The number of benzene rings is 6. The summed E-state index contributed by atoms with van der Waals surface area (Å²) in [4.78, 5) is 25.2. The lowest BCUT2D eigenvalue weighted by molar-refractivity contribution is 1.07. The first-order valence-electron chi connectivity index (χ1n) is 15.9. The highest BCUT2D eigenvalue weighted by Crippen LogP contribution is 2.38. The number of nitrogens with zero attached hydrogens (tertiary/aromatic N) is 5. The molecule has 5 nitrogen and oxygen atoms in total. The summed E-state index contributed by atoms with van der Waals surface area (Å²) in [6, 6.07) is 55.7. The molecule has 0 saturated carbocycles. The van der Waals surface area contributed by atoms with E-state index in [0.29, 0.717) is 17.5 Å². The third-order valence-electron chi connectivity index (χ3n) is 8.71. The summed E-state index contributed by atoms with van der Waals surface area (Å²) in [5, 5.41) is 4.34. The Balaban J connectivity index is 1.22. The second kappa shape index (κ2) is 11.6. The minimum Gasteiger partial charge on any atom is -0.247 e. The first kappa shape index (κ1) is 27.7. The third kappa shape index (κ3) is 4.95. The molecule has 3 aromatic heterocycles. The van der Waals surface area contributed by atoms with Gasteiger partial charge in [-0.1, -0.05) is 152 Å². The molecule has 0 bridgehead atoms. The Morgan fingerprint density at radius 3 is 1.44 bits per heavy atom. The van der Waals surface area contributed by atoms with E-state index in [1.54, 1.807) is 0 Å². The van der Waals surface area contributed by atoms with Crippen LogP contribution in [0.2, 0.25) is 0 Å². The van der Waals surface area contributed by atoms with E-state index in [0.717, 1.165) is 71.8 Å². The Kier molecular flexibility index (Phi) is 6.72. The summed E-state index contributed by atoms with van der Waals surface area (Å²) < 4.78 is 0. The number of hydrogen-bond acceptors (Lipinski definition) is 5. The van der Waals surface area contributed by atoms with Crippen molar-refractivity contribution in [2.24, 2.45) is 0 Å². The van der Waals surface area contributed by atoms with Gasteiger partial charge < -0.3 is 0 Å². The average Bonchev–Trinajstić information content (AvgIpc) is 3.18. The first-order valence-corrected chi connectivity index (χ1v) is 15.9. The van der Waals surface area contributed by atoms with Crippen molar-refractivity contribution < 1.29 is 0 Å². The Hall–Kier alpha value is -6.59. The molecule has 0 amide bonds. The molecule has 0 fully saturated rings. The van der Waals surface area contributed by atoms with Crippen molar-refractivity contribution >= 4 is 32.6 Å². The molecule has 224 valence electrons. The van der Waals surface area contributed by atoms with E-state index in [1.807, 2.05) is 84.9 Å². The molecule has 9 rings (SSSR count). The lowest BCUT2D eigenvalue weighted by atomic mass is 9.96. The van der Waals surface area contributed by atoms with Gasteiger partial charge in [0.15, 0.2) is 17.5 Å². The number of aromatic nitrogens is 5. The van der Waals surface area contributed by atoms with Crippen LogP contribution in [0.3, 0.4) is 0 Å². The molecule has 48 heavy (non-hydrogen) atoms. The maximum Gasteiger partial charge on any atom is 0.164 e. The molecule has 0 saturated heterocycles.